The van der Waals surface area contributed by atoms with E-state index in [4.69, 9.17) is 16.3 Å². The average molecular weight is 326 g/mol. The maximum Gasteiger partial charge on any atom is 0.220 e. The molecule has 0 spiro atoms. The lowest BCUT2D eigenvalue weighted by Gasteiger charge is -2.27. The Morgan fingerprint density at radius 3 is 2.68 bits per heavy atom. The van der Waals surface area contributed by atoms with Gasteiger partial charge >= 0.3 is 0 Å². The zero-order valence-electron chi connectivity index (χ0n) is 12.9. The Balaban J connectivity index is 1.73. The first-order valence-electron chi connectivity index (χ1n) is 7.82. The van der Waals surface area contributed by atoms with E-state index < -0.39 is 6.10 Å². The Kier molecular flexibility index (Phi) is 6.68. The molecule has 0 heterocycles. The molecule has 1 atom stereocenters. The maximum atomic E-state index is 12.0. The molecule has 1 aromatic rings. The molecule has 122 valence electrons. The number of amides is 1. The second kappa shape index (κ2) is 8.51. The lowest BCUT2D eigenvalue weighted by molar-refractivity contribution is -0.123. The van der Waals surface area contributed by atoms with E-state index in [0.29, 0.717) is 29.0 Å². The van der Waals surface area contributed by atoms with Gasteiger partial charge in [0.2, 0.25) is 5.91 Å². The van der Waals surface area contributed by atoms with E-state index in [1.165, 1.54) is 0 Å². The van der Waals surface area contributed by atoms with Crippen molar-refractivity contribution in [2.24, 2.45) is 5.92 Å². The monoisotopic (exact) mass is 325 g/mol. The third-order valence-electron chi connectivity index (χ3n) is 4.36. The van der Waals surface area contributed by atoms with Crippen molar-refractivity contribution in [2.45, 2.75) is 44.3 Å². The van der Waals surface area contributed by atoms with E-state index in [1.807, 2.05) is 12.1 Å². The summed E-state index contributed by atoms with van der Waals surface area (Å²) >= 11 is 6.03. The van der Waals surface area contributed by atoms with Crippen LogP contribution in [0.4, 0.5) is 0 Å². The Hall–Kier alpha value is -1.10. The molecule has 0 aliphatic heterocycles. The summed E-state index contributed by atoms with van der Waals surface area (Å²) in [5.41, 5.74) is 0.644. The second-order valence-corrected chi connectivity index (χ2v) is 6.33. The third kappa shape index (κ3) is 4.97. The number of rotatable bonds is 6. The van der Waals surface area contributed by atoms with Gasteiger partial charge in [0.05, 0.1) is 12.2 Å². The van der Waals surface area contributed by atoms with Crippen LogP contribution in [-0.4, -0.2) is 30.8 Å². The SMILES string of the molecule is COC1CCC(CC(=O)NCC(O)c2ccccc2Cl)CC1. The van der Waals surface area contributed by atoms with Gasteiger partial charge in [0.15, 0.2) is 0 Å². The van der Waals surface area contributed by atoms with Crippen molar-refractivity contribution in [1.29, 1.82) is 0 Å². The Morgan fingerprint density at radius 1 is 1.36 bits per heavy atom. The number of aliphatic hydroxyl groups excluding tert-OH is 1. The quantitative estimate of drug-likeness (QED) is 0.845. The molecule has 0 bridgehead atoms. The number of nitrogens with one attached hydrogen (secondary N) is 1. The van der Waals surface area contributed by atoms with Gasteiger partial charge in [-0.15, -0.1) is 0 Å². The zero-order valence-corrected chi connectivity index (χ0v) is 13.7. The molecular weight excluding hydrogens is 302 g/mol. The van der Waals surface area contributed by atoms with E-state index in [2.05, 4.69) is 5.32 Å². The minimum atomic E-state index is -0.776. The average Bonchev–Trinajstić information content (AvgIpc) is 2.54. The number of carbonyl (C=O) groups is 1. The molecule has 0 saturated heterocycles. The van der Waals surface area contributed by atoms with Gasteiger partial charge in [-0.05, 0) is 37.7 Å². The highest BCUT2D eigenvalue weighted by molar-refractivity contribution is 6.31. The van der Waals surface area contributed by atoms with Crippen LogP contribution in [0.15, 0.2) is 24.3 Å². The molecule has 0 aromatic heterocycles. The van der Waals surface area contributed by atoms with Crippen molar-refractivity contribution >= 4 is 17.5 Å². The Morgan fingerprint density at radius 2 is 2.05 bits per heavy atom. The zero-order chi connectivity index (χ0) is 15.9. The number of carbonyl (C=O) groups excluding carboxylic acids is 1. The summed E-state index contributed by atoms with van der Waals surface area (Å²) in [6, 6.07) is 7.13. The van der Waals surface area contributed by atoms with Crippen LogP contribution in [0.5, 0.6) is 0 Å². The van der Waals surface area contributed by atoms with Gasteiger partial charge in [0.25, 0.3) is 0 Å². The van der Waals surface area contributed by atoms with Crippen molar-refractivity contribution in [1.82, 2.24) is 5.32 Å². The number of aliphatic hydroxyl groups is 1. The number of hydrogen-bond donors (Lipinski definition) is 2. The fourth-order valence-corrected chi connectivity index (χ4v) is 3.23. The van der Waals surface area contributed by atoms with Gasteiger partial charge in [-0.2, -0.15) is 0 Å². The summed E-state index contributed by atoms with van der Waals surface area (Å²) in [5, 5.41) is 13.4. The third-order valence-corrected chi connectivity index (χ3v) is 4.70. The lowest BCUT2D eigenvalue weighted by atomic mass is 9.85. The number of methoxy groups -OCH3 is 1. The molecule has 1 amide bonds. The summed E-state index contributed by atoms with van der Waals surface area (Å²) in [7, 11) is 1.74. The molecule has 1 unspecified atom stereocenters. The first-order chi connectivity index (χ1) is 10.6. The van der Waals surface area contributed by atoms with Crippen LogP contribution in [0.2, 0.25) is 5.02 Å². The van der Waals surface area contributed by atoms with Crippen LogP contribution < -0.4 is 5.32 Å². The molecule has 1 aliphatic carbocycles. The van der Waals surface area contributed by atoms with Crippen LogP contribution in [0.25, 0.3) is 0 Å². The summed E-state index contributed by atoms with van der Waals surface area (Å²) in [6.07, 6.45) is 4.19. The van der Waals surface area contributed by atoms with Crippen molar-refractivity contribution in [3.05, 3.63) is 34.9 Å². The normalized spacial score (nSPS) is 23.0. The van der Waals surface area contributed by atoms with Crippen molar-refractivity contribution < 1.29 is 14.6 Å². The van der Waals surface area contributed by atoms with Gasteiger partial charge in [0, 0.05) is 30.7 Å². The van der Waals surface area contributed by atoms with Crippen LogP contribution in [-0.2, 0) is 9.53 Å². The highest BCUT2D eigenvalue weighted by Crippen LogP contribution is 2.28. The number of ether oxygens (including phenoxy) is 1. The summed E-state index contributed by atoms with van der Waals surface area (Å²) in [6.45, 7) is 0.190. The molecule has 5 heteroatoms. The van der Waals surface area contributed by atoms with Crippen molar-refractivity contribution in [2.75, 3.05) is 13.7 Å². The fraction of sp³-hybridized carbons (Fsp3) is 0.588. The Bertz CT molecular complexity index is 487. The Labute approximate surface area is 136 Å². The topological polar surface area (TPSA) is 58.6 Å². The first-order valence-corrected chi connectivity index (χ1v) is 8.20. The molecule has 4 nitrogen and oxygen atoms in total. The van der Waals surface area contributed by atoms with E-state index >= 15 is 0 Å². The molecule has 1 aromatic carbocycles. The highest BCUT2D eigenvalue weighted by atomic mass is 35.5. The molecule has 2 N–H and O–H groups in total. The van der Waals surface area contributed by atoms with Crippen LogP contribution >= 0.6 is 11.6 Å². The highest BCUT2D eigenvalue weighted by Gasteiger charge is 2.23. The van der Waals surface area contributed by atoms with Crippen molar-refractivity contribution in [3.8, 4) is 0 Å². The van der Waals surface area contributed by atoms with E-state index in [1.54, 1.807) is 19.2 Å². The predicted octanol–water partition coefficient (Wildman–Crippen LogP) is 3.08. The maximum absolute atomic E-state index is 12.0. The largest absolute Gasteiger partial charge is 0.387 e. The lowest BCUT2D eigenvalue weighted by Crippen LogP contribution is -2.31. The molecular formula is C17H24ClNO3. The van der Waals surface area contributed by atoms with E-state index in [0.717, 1.165) is 25.7 Å². The number of hydrogen-bond acceptors (Lipinski definition) is 3. The second-order valence-electron chi connectivity index (χ2n) is 5.92. The van der Waals surface area contributed by atoms with Crippen LogP contribution in [0.1, 0.15) is 43.8 Å². The molecule has 0 radical (unpaired) electrons. The van der Waals surface area contributed by atoms with Gasteiger partial charge in [0.1, 0.15) is 0 Å². The number of benzene rings is 1. The minimum absolute atomic E-state index is 0.00743. The van der Waals surface area contributed by atoms with Crippen LogP contribution in [0.3, 0.4) is 0 Å². The standard InChI is InChI=1S/C17H24ClNO3/c1-22-13-8-6-12(7-9-13)10-17(21)19-11-16(20)14-4-2-3-5-15(14)18/h2-5,12-13,16,20H,6-11H2,1H3,(H,19,21). The summed E-state index contributed by atoms with van der Waals surface area (Å²) < 4.78 is 5.34. The van der Waals surface area contributed by atoms with E-state index in [-0.39, 0.29) is 12.5 Å². The molecule has 1 saturated carbocycles. The van der Waals surface area contributed by atoms with Crippen LogP contribution in [0, 0.1) is 5.92 Å². The first kappa shape index (κ1) is 17.3. The smallest absolute Gasteiger partial charge is 0.220 e. The van der Waals surface area contributed by atoms with Crippen molar-refractivity contribution in [3.63, 3.8) is 0 Å². The summed E-state index contributed by atoms with van der Waals surface area (Å²) in [5.74, 6) is 0.413. The molecule has 2 rings (SSSR count). The predicted molar refractivity (Wildman–Crippen MR) is 86.8 cm³/mol. The van der Waals surface area contributed by atoms with Gasteiger partial charge in [-0.1, -0.05) is 29.8 Å². The molecule has 1 aliphatic rings. The minimum Gasteiger partial charge on any atom is -0.387 e. The van der Waals surface area contributed by atoms with E-state index in [9.17, 15) is 9.90 Å². The van der Waals surface area contributed by atoms with Gasteiger partial charge < -0.3 is 15.2 Å². The molecule has 22 heavy (non-hydrogen) atoms. The van der Waals surface area contributed by atoms with Gasteiger partial charge in [-0.3, -0.25) is 4.79 Å². The van der Waals surface area contributed by atoms with Gasteiger partial charge in [-0.25, -0.2) is 0 Å². The number of halogens is 1. The summed E-state index contributed by atoms with van der Waals surface area (Å²) in [4.78, 5) is 12.0. The molecule has 1 fully saturated rings. The fourth-order valence-electron chi connectivity index (χ4n) is 2.97.